The Labute approximate surface area is 132 Å². The maximum Gasteiger partial charge on any atom is 0.228 e. The molecule has 0 aliphatic heterocycles. The minimum absolute atomic E-state index is 0.0845. The number of halogens is 2. The second kappa shape index (κ2) is 7.69. The van der Waals surface area contributed by atoms with E-state index >= 15 is 0 Å². The summed E-state index contributed by atoms with van der Waals surface area (Å²) in [5.74, 6) is -1.76. The Bertz CT molecular complexity index is 704. The number of carbonyl (C=O) groups excluding carboxylic acids is 1. The van der Waals surface area contributed by atoms with E-state index in [4.69, 9.17) is 4.74 Å². The van der Waals surface area contributed by atoms with Gasteiger partial charge in [-0.3, -0.25) is 4.79 Å². The maximum atomic E-state index is 13.1. The first-order chi connectivity index (χ1) is 11.0. The summed E-state index contributed by atoms with van der Waals surface area (Å²) in [6.45, 7) is 2.08. The van der Waals surface area contributed by atoms with Crippen molar-refractivity contribution in [2.24, 2.45) is 0 Å². The van der Waals surface area contributed by atoms with Gasteiger partial charge in [0.15, 0.2) is 11.6 Å². The lowest BCUT2D eigenvalue weighted by molar-refractivity contribution is -0.115. The number of aliphatic hydroxyl groups is 1. The van der Waals surface area contributed by atoms with Crippen LogP contribution in [0.1, 0.15) is 18.1 Å². The Balaban J connectivity index is 2.06. The first-order valence-corrected chi connectivity index (χ1v) is 7.13. The molecule has 1 amide bonds. The van der Waals surface area contributed by atoms with Crippen LogP contribution in [0.5, 0.6) is 5.75 Å². The largest absolute Gasteiger partial charge is 0.494 e. The van der Waals surface area contributed by atoms with Gasteiger partial charge >= 0.3 is 0 Å². The van der Waals surface area contributed by atoms with Crippen molar-refractivity contribution >= 4 is 11.6 Å². The van der Waals surface area contributed by atoms with Crippen LogP contribution in [0.2, 0.25) is 0 Å². The number of amides is 1. The fourth-order valence-electron chi connectivity index (χ4n) is 2.12. The summed E-state index contributed by atoms with van der Waals surface area (Å²) in [6.07, 6.45) is -0.0845. The van der Waals surface area contributed by atoms with E-state index in [9.17, 15) is 18.7 Å². The quantitative estimate of drug-likeness (QED) is 0.860. The lowest BCUT2D eigenvalue weighted by Crippen LogP contribution is -2.15. The van der Waals surface area contributed by atoms with E-state index in [2.05, 4.69) is 5.32 Å². The predicted molar refractivity (Wildman–Crippen MR) is 82.2 cm³/mol. The summed E-state index contributed by atoms with van der Waals surface area (Å²) < 4.78 is 31.3. The Kier molecular flexibility index (Phi) is 5.65. The molecule has 2 N–H and O–H groups in total. The van der Waals surface area contributed by atoms with Gasteiger partial charge in [-0.15, -0.1) is 0 Å². The van der Waals surface area contributed by atoms with Crippen LogP contribution >= 0.6 is 0 Å². The molecule has 0 radical (unpaired) electrons. The average molecular weight is 321 g/mol. The van der Waals surface area contributed by atoms with Crippen LogP contribution in [0.25, 0.3) is 0 Å². The number of anilines is 1. The topological polar surface area (TPSA) is 58.6 Å². The highest BCUT2D eigenvalue weighted by Crippen LogP contribution is 2.23. The van der Waals surface area contributed by atoms with E-state index in [0.717, 1.165) is 12.1 Å². The van der Waals surface area contributed by atoms with Crippen molar-refractivity contribution in [3.05, 3.63) is 59.2 Å². The lowest BCUT2D eigenvalue weighted by atomic mass is 10.1. The summed E-state index contributed by atoms with van der Waals surface area (Å²) in [5, 5.41) is 12.0. The number of aliphatic hydroxyl groups excluding tert-OH is 1. The number of hydrogen-bond donors (Lipinski definition) is 2. The average Bonchev–Trinajstić information content (AvgIpc) is 2.52. The number of rotatable bonds is 6. The van der Waals surface area contributed by atoms with Gasteiger partial charge in [0, 0.05) is 11.3 Å². The second-order valence-corrected chi connectivity index (χ2v) is 4.89. The highest BCUT2D eigenvalue weighted by atomic mass is 19.2. The Morgan fingerprint density at radius 1 is 1.17 bits per heavy atom. The summed E-state index contributed by atoms with van der Waals surface area (Å²) in [6, 6.07) is 8.24. The van der Waals surface area contributed by atoms with E-state index in [1.54, 1.807) is 18.2 Å². The Morgan fingerprint density at radius 3 is 2.61 bits per heavy atom. The van der Waals surface area contributed by atoms with Gasteiger partial charge in [-0.25, -0.2) is 8.78 Å². The van der Waals surface area contributed by atoms with E-state index in [0.29, 0.717) is 29.2 Å². The van der Waals surface area contributed by atoms with Crippen LogP contribution in [0.4, 0.5) is 14.5 Å². The number of hydrogen-bond acceptors (Lipinski definition) is 3. The van der Waals surface area contributed by atoms with Crippen molar-refractivity contribution in [3.63, 3.8) is 0 Å². The van der Waals surface area contributed by atoms with Crippen molar-refractivity contribution < 1.29 is 23.4 Å². The molecule has 0 heterocycles. The van der Waals surface area contributed by atoms with Crippen LogP contribution in [0.3, 0.4) is 0 Å². The normalized spacial score (nSPS) is 10.4. The molecule has 6 heteroatoms. The van der Waals surface area contributed by atoms with Crippen LogP contribution in [-0.4, -0.2) is 17.6 Å². The molecule has 2 rings (SSSR count). The zero-order chi connectivity index (χ0) is 16.8. The molecule has 0 saturated carbocycles. The Hall–Kier alpha value is -2.47. The first-order valence-electron chi connectivity index (χ1n) is 7.13. The van der Waals surface area contributed by atoms with Crippen molar-refractivity contribution in [2.45, 2.75) is 20.0 Å². The summed E-state index contributed by atoms with van der Waals surface area (Å²) in [5.41, 5.74) is 1.41. The maximum absolute atomic E-state index is 13.1. The van der Waals surface area contributed by atoms with Gasteiger partial charge in [0.1, 0.15) is 5.75 Å². The third-order valence-electron chi connectivity index (χ3n) is 3.16. The fraction of sp³-hybridized carbons (Fsp3) is 0.235. The van der Waals surface area contributed by atoms with Gasteiger partial charge in [0.2, 0.25) is 5.91 Å². The molecule has 122 valence electrons. The molecular formula is C17H17F2NO3. The number of carbonyl (C=O) groups is 1. The molecule has 0 fully saturated rings. The van der Waals surface area contributed by atoms with Gasteiger partial charge in [0.25, 0.3) is 0 Å². The molecule has 23 heavy (non-hydrogen) atoms. The van der Waals surface area contributed by atoms with Gasteiger partial charge in [-0.1, -0.05) is 6.07 Å². The van der Waals surface area contributed by atoms with Gasteiger partial charge < -0.3 is 15.2 Å². The molecule has 0 unspecified atom stereocenters. The fourth-order valence-corrected chi connectivity index (χ4v) is 2.12. The third kappa shape index (κ3) is 4.50. The van der Waals surface area contributed by atoms with Crippen molar-refractivity contribution in [1.82, 2.24) is 0 Å². The summed E-state index contributed by atoms with van der Waals surface area (Å²) >= 11 is 0. The monoisotopic (exact) mass is 321 g/mol. The number of ether oxygens (including phenoxy) is 1. The molecule has 0 spiro atoms. The second-order valence-electron chi connectivity index (χ2n) is 4.89. The van der Waals surface area contributed by atoms with Crippen molar-refractivity contribution in [3.8, 4) is 5.75 Å². The Morgan fingerprint density at radius 2 is 1.96 bits per heavy atom. The van der Waals surface area contributed by atoms with Gasteiger partial charge in [-0.05, 0) is 42.8 Å². The standard InChI is InChI=1S/C17H17F2NO3/c1-2-23-16-6-4-13(9-12(16)10-21)20-17(22)8-11-3-5-14(18)15(19)7-11/h3-7,9,21H,2,8,10H2,1H3,(H,20,22). The highest BCUT2D eigenvalue weighted by Gasteiger charge is 2.09. The lowest BCUT2D eigenvalue weighted by Gasteiger charge is -2.11. The number of nitrogens with one attached hydrogen (secondary N) is 1. The summed E-state index contributed by atoms with van der Waals surface area (Å²) in [7, 11) is 0. The first kappa shape index (κ1) is 16.9. The van der Waals surface area contributed by atoms with E-state index in [1.165, 1.54) is 6.07 Å². The zero-order valence-electron chi connectivity index (χ0n) is 12.6. The molecule has 2 aromatic carbocycles. The van der Waals surface area contributed by atoms with Gasteiger partial charge in [-0.2, -0.15) is 0 Å². The minimum Gasteiger partial charge on any atom is -0.494 e. The highest BCUT2D eigenvalue weighted by molar-refractivity contribution is 5.92. The predicted octanol–water partition coefficient (Wildman–Crippen LogP) is 3.04. The van der Waals surface area contributed by atoms with Crippen LogP contribution in [-0.2, 0) is 17.8 Å². The third-order valence-corrected chi connectivity index (χ3v) is 3.16. The molecular weight excluding hydrogens is 304 g/mol. The molecule has 0 bridgehead atoms. The van der Waals surface area contributed by atoms with Crippen LogP contribution in [0.15, 0.2) is 36.4 Å². The van der Waals surface area contributed by atoms with E-state index in [1.807, 2.05) is 6.92 Å². The summed E-state index contributed by atoms with van der Waals surface area (Å²) in [4.78, 5) is 12.0. The molecule has 0 aromatic heterocycles. The molecule has 2 aromatic rings. The van der Waals surface area contributed by atoms with Gasteiger partial charge in [0.05, 0.1) is 19.6 Å². The SMILES string of the molecule is CCOc1ccc(NC(=O)Cc2ccc(F)c(F)c2)cc1CO. The number of benzene rings is 2. The smallest absolute Gasteiger partial charge is 0.228 e. The van der Waals surface area contributed by atoms with Crippen molar-refractivity contribution in [1.29, 1.82) is 0 Å². The molecule has 4 nitrogen and oxygen atoms in total. The van der Waals surface area contributed by atoms with Crippen LogP contribution < -0.4 is 10.1 Å². The molecule has 0 aliphatic carbocycles. The van der Waals surface area contributed by atoms with E-state index < -0.39 is 11.6 Å². The van der Waals surface area contributed by atoms with E-state index in [-0.39, 0.29) is 18.9 Å². The molecule has 0 atom stereocenters. The molecule has 0 saturated heterocycles. The molecule has 0 aliphatic rings. The minimum atomic E-state index is -0.987. The van der Waals surface area contributed by atoms with Crippen LogP contribution in [0, 0.1) is 11.6 Å². The zero-order valence-corrected chi connectivity index (χ0v) is 12.6. The van der Waals surface area contributed by atoms with Crippen molar-refractivity contribution in [2.75, 3.05) is 11.9 Å².